The van der Waals surface area contributed by atoms with Crippen molar-refractivity contribution in [3.05, 3.63) is 24.3 Å². The van der Waals surface area contributed by atoms with Crippen LogP contribution >= 0.6 is 0 Å². The van der Waals surface area contributed by atoms with Gasteiger partial charge in [0, 0.05) is 20.3 Å². The highest BCUT2D eigenvalue weighted by Crippen LogP contribution is 2.15. The third kappa shape index (κ3) is 6.90. The molecule has 1 aromatic carbocycles. The fourth-order valence-electron chi connectivity index (χ4n) is 1.72. The molecule has 2 N–H and O–H groups in total. The average molecular weight is 317 g/mol. The molecule has 6 nitrogen and oxygen atoms in total. The van der Waals surface area contributed by atoms with Gasteiger partial charge in [0.2, 0.25) is 10.0 Å². The lowest BCUT2D eigenvalue weighted by Crippen LogP contribution is -2.24. The third-order valence-corrected chi connectivity index (χ3v) is 4.29. The highest BCUT2D eigenvalue weighted by Gasteiger charge is 2.12. The number of methoxy groups -OCH3 is 1. The average Bonchev–Trinajstić information content (AvgIpc) is 2.49. The summed E-state index contributed by atoms with van der Waals surface area (Å²) < 4.78 is 36.7. The van der Waals surface area contributed by atoms with E-state index in [9.17, 15) is 8.42 Å². The van der Waals surface area contributed by atoms with E-state index in [1.807, 2.05) is 0 Å². The molecule has 1 rings (SSSR count). The van der Waals surface area contributed by atoms with Crippen LogP contribution in [0.2, 0.25) is 0 Å². The number of hydrogen-bond donors (Lipinski definition) is 2. The Morgan fingerprint density at radius 1 is 1.10 bits per heavy atom. The molecule has 0 fully saturated rings. The monoisotopic (exact) mass is 317 g/mol. The van der Waals surface area contributed by atoms with E-state index in [0.29, 0.717) is 18.9 Å². The number of aliphatic hydroxyl groups excluding tert-OH is 1. The van der Waals surface area contributed by atoms with Gasteiger partial charge in [-0.25, -0.2) is 13.1 Å². The largest absolute Gasteiger partial charge is 0.491 e. The molecule has 0 heterocycles. The second kappa shape index (κ2) is 9.73. The Labute approximate surface area is 126 Å². The number of nitrogens with one attached hydrogen (secondary N) is 1. The number of sulfonamides is 1. The predicted octanol–water partition coefficient (Wildman–Crippen LogP) is 1.15. The standard InChI is InChI=1S/C14H23NO5S/c1-19-11-4-2-3-9-15-21(17,18)14-7-5-13(6-8-14)20-12-10-16/h5-8,15-16H,2-4,9-12H2,1H3. The van der Waals surface area contributed by atoms with Crippen molar-refractivity contribution >= 4 is 10.0 Å². The van der Waals surface area contributed by atoms with Crippen LogP contribution in [-0.2, 0) is 14.8 Å². The van der Waals surface area contributed by atoms with E-state index in [1.165, 1.54) is 12.1 Å². The first-order valence-corrected chi connectivity index (χ1v) is 8.41. The van der Waals surface area contributed by atoms with Gasteiger partial charge in [0.15, 0.2) is 0 Å². The SMILES string of the molecule is COCCCCCNS(=O)(=O)c1ccc(OCCO)cc1. The first kappa shape index (κ1) is 17.9. The van der Waals surface area contributed by atoms with E-state index >= 15 is 0 Å². The molecule has 0 atom stereocenters. The fraction of sp³-hybridized carbons (Fsp3) is 0.571. The number of ether oxygens (including phenoxy) is 2. The minimum absolute atomic E-state index is 0.0787. The van der Waals surface area contributed by atoms with Gasteiger partial charge in [-0.3, -0.25) is 0 Å². The summed E-state index contributed by atoms with van der Waals surface area (Å²) in [5.74, 6) is 0.530. The van der Waals surface area contributed by atoms with E-state index in [1.54, 1.807) is 19.2 Å². The molecule has 0 saturated heterocycles. The quantitative estimate of drug-likeness (QED) is 0.598. The molecule has 0 spiro atoms. The van der Waals surface area contributed by atoms with E-state index < -0.39 is 10.0 Å². The van der Waals surface area contributed by atoms with Crippen molar-refractivity contribution in [1.29, 1.82) is 0 Å². The van der Waals surface area contributed by atoms with Crippen LogP contribution in [0, 0.1) is 0 Å². The smallest absolute Gasteiger partial charge is 0.240 e. The Morgan fingerprint density at radius 3 is 2.43 bits per heavy atom. The van der Waals surface area contributed by atoms with Crippen LogP contribution in [0.3, 0.4) is 0 Å². The summed E-state index contributed by atoms with van der Waals surface area (Å²) in [7, 11) is -1.83. The van der Waals surface area contributed by atoms with Gasteiger partial charge in [-0.15, -0.1) is 0 Å². The van der Waals surface area contributed by atoms with E-state index in [0.717, 1.165) is 19.3 Å². The molecule has 0 aliphatic heterocycles. The lowest BCUT2D eigenvalue weighted by atomic mass is 10.2. The van der Waals surface area contributed by atoms with Gasteiger partial charge in [0.25, 0.3) is 0 Å². The molecular weight excluding hydrogens is 294 g/mol. The third-order valence-electron chi connectivity index (χ3n) is 2.81. The highest BCUT2D eigenvalue weighted by molar-refractivity contribution is 7.89. The molecule has 0 radical (unpaired) electrons. The molecule has 1 aromatic rings. The van der Waals surface area contributed by atoms with Gasteiger partial charge < -0.3 is 14.6 Å². The van der Waals surface area contributed by atoms with Crippen LogP contribution in [0.5, 0.6) is 5.75 Å². The predicted molar refractivity (Wildman–Crippen MR) is 79.9 cm³/mol. The summed E-state index contributed by atoms with van der Waals surface area (Å²) >= 11 is 0. The molecule has 0 aromatic heterocycles. The summed E-state index contributed by atoms with van der Waals surface area (Å²) in [6.45, 7) is 1.22. The zero-order valence-corrected chi connectivity index (χ0v) is 13.1. The van der Waals surface area contributed by atoms with Crippen LogP contribution < -0.4 is 9.46 Å². The summed E-state index contributed by atoms with van der Waals surface area (Å²) in [4.78, 5) is 0.204. The van der Waals surface area contributed by atoms with Crippen molar-refractivity contribution in [3.63, 3.8) is 0 Å². The van der Waals surface area contributed by atoms with Gasteiger partial charge >= 0.3 is 0 Å². The highest BCUT2D eigenvalue weighted by atomic mass is 32.2. The van der Waals surface area contributed by atoms with Crippen molar-refractivity contribution < 1.29 is 23.0 Å². The number of benzene rings is 1. The summed E-state index contributed by atoms with van der Waals surface area (Å²) in [5, 5.41) is 8.65. The first-order valence-electron chi connectivity index (χ1n) is 6.92. The molecule has 0 aliphatic rings. The van der Waals surface area contributed by atoms with Crippen LogP contribution in [-0.4, -0.2) is 47.0 Å². The van der Waals surface area contributed by atoms with Gasteiger partial charge in [-0.2, -0.15) is 0 Å². The number of aliphatic hydroxyl groups is 1. The lowest BCUT2D eigenvalue weighted by Gasteiger charge is -2.08. The zero-order chi connectivity index (χ0) is 15.6. The molecule has 21 heavy (non-hydrogen) atoms. The van der Waals surface area contributed by atoms with Crippen molar-refractivity contribution in [2.75, 3.05) is 33.5 Å². The maximum absolute atomic E-state index is 12.0. The summed E-state index contributed by atoms with van der Waals surface area (Å²) in [5.41, 5.74) is 0. The molecular formula is C14H23NO5S. The van der Waals surface area contributed by atoms with Crippen LogP contribution in [0.4, 0.5) is 0 Å². The van der Waals surface area contributed by atoms with Gasteiger partial charge in [-0.05, 0) is 43.5 Å². The maximum atomic E-state index is 12.0. The van der Waals surface area contributed by atoms with E-state index in [2.05, 4.69) is 4.72 Å². The number of unbranched alkanes of at least 4 members (excludes halogenated alkanes) is 2. The zero-order valence-electron chi connectivity index (χ0n) is 12.2. The molecule has 7 heteroatoms. The summed E-state index contributed by atoms with van der Waals surface area (Å²) in [6, 6.07) is 6.12. The second-order valence-electron chi connectivity index (χ2n) is 4.49. The van der Waals surface area contributed by atoms with Crippen molar-refractivity contribution in [2.45, 2.75) is 24.2 Å². The Bertz CT molecular complexity index is 487. The van der Waals surface area contributed by atoms with E-state index in [4.69, 9.17) is 14.6 Å². The molecule has 0 aliphatic carbocycles. The minimum Gasteiger partial charge on any atom is -0.491 e. The van der Waals surface area contributed by atoms with Crippen LogP contribution in [0.25, 0.3) is 0 Å². The first-order chi connectivity index (χ1) is 10.1. The minimum atomic E-state index is -3.48. The van der Waals surface area contributed by atoms with Gasteiger partial charge in [-0.1, -0.05) is 0 Å². The van der Waals surface area contributed by atoms with Crippen LogP contribution in [0.15, 0.2) is 29.2 Å². The Balaban J connectivity index is 2.42. The molecule has 0 saturated carbocycles. The summed E-state index contributed by atoms with van der Waals surface area (Å²) in [6.07, 6.45) is 2.62. The Kier molecular flexibility index (Phi) is 8.29. The topological polar surface area (TPSA) is 84.9 Å². The number of hydrogen-bond acceptors (Lipinski definition) is 5. The fourth-order valence-corrected chi connectivity index (χ4v) is 2.79. The maximum Gasteiger partial charge on any atom is 0.240 e. The van der Waals surface area contributed by atoms with Crippen molar-refractivity contribution in [3.8, 4) is 5.75 Å². The number of rotatable bonds is 11. The second-order valence-corrected chi connectivity index (χ2v) is 6.26. The lowest BCUT2D eigenvalue weighted by molar-refractivity contribution is 0.192. The molecule has 0 amide bonds. The van der Waals surface area contributed by atoms with Crippen molar-refractivity contribution in [2.24, 2.45) is 0 Å². The molecule has 0 bridgehead atoms. The molecule has 0 unspecified atom stereocenters. The van der Waals surface area contributed by atoms with Crippen molar-refractivity contribution in [1.82, 2.24) is 4.72 Å². The molecule has 120 valence electrons. The Hall–Kier alpha value is -1.15. The van der Waals surface area contributed by atoms with Crippen LogP contribution in [0.1, 0.15) is 19.3 Å². The Morgan fingerprint density at radius 2 is 1.81 bits per heavy atom. The van der Waals surface area contributed by atoms with Gasteiger partial charge in [0.05, 0.1) is 11.5 Å². The van der Waals surface area contributed by atoms with Gasteiger partial charge in [0.1, 0.15) is 12.4 Å². The normalized spacial score (nSPS) is 11.5. The van der Waals surface area contributed by atoms with E-state index in [-0.39, 0.29) is 18.1 Å².